The van der Waals surface area contributed by atoms with Gasteiger partial charge in [0.15, 0.2) is 17.6 Å². The first-order valence-electron chi connectivity index (χ1n) is 8.15. The van der Waals surface area contributed by atoms with Gasteiger partial charge in [0.25, 0.3) is 5.91 Å². The van der Waals surface area contributed by atoms with Crippen molar-refractivity contribution in [2.75, 3.05) is 12.4 Å². The van der Waals surface area contributed by atoms with Crippen molar-refractivity contribution in [1.29, 1.82) is 5.26 Å². The maximum atomic E-state index is 12.4. The van der Waals surface area contributed by atoms with Crippen molar-refractivity contribution in [3.63, 3.8) is 0 Å². The summed E-state index contributed by atoms with van der Waals surface area (Å²) in [6, 6.07) is 20.5. The highest BCUT2D eigenvalue weighted by molar-refractivity contribution is 5.96. The van der Waals surface area contributed by atoms with Crippen LogP contribution in [0.25, 0.3) is 10.8 Å². The number of benzene rings is 3. The molecule has 0 bridgehead atoms. The number of nitrogens with one attached hydrogen (secondary N) is 1. The number of fused-ring (bicyclic) bond motifs is 1. The number of amides is 1. The van der Waals surface area contributed by atoms with Crippen LogP contribution in [0.2, 0.25) is 0 Å². The number of nitriles is 1. The smallest absolute Gasteiger partial charge is 0.265 e. The highest BCUT2D eigenvalue weighted by Gasteiger charge is 2.17. The molecule has 3 rings (SSSR count). The van der Waals surface area contributed by atoms with Crippen molar-refractivity contribution < 1.29 is 14.3 Å². The largest absolute Gasteiger partial charge is 0.493 e. The predicted octanol–water partition coefficient (Wildman–Crippen LogP) is 4.13. The molecule has 0 aliphatic heterocycles. The van der Waals surface area contributed by atoms with Gasteiger partial charge in [-0.25, -0.2) is 0 Å². The maximum Gasteiger partial charge on any atom is 0.265 e. The fourth-order valence-electron chi connectivity index (χ4n) is 2.59. The summed E-state index contributed by atoms with van der Waals surface area (Å²) >= 11 is 0. The quantitative estimate of drug-likeness (QED) is 0.754. The summed E-state index contributed by atoms with van der Waals surface area (Å²) in [4.78, 5) is 12.4. The molecule has 26 heavy (non-hydrogen) atoms. The minimum absolute atomic E-state index is 0.272. The molecule has 0 radical (unpaired) electrons. The molecule has 1 N–H and O–H groups in total. The van der Waals surface area contributed by atoms with Gasteiger partial charge in [-0.1, -0.05) is 30.3 Å². The van der Waals surface area contributed by atoms with Crippen molar-refractivity contribution in [3.05, 3.63) is 66.2 Å². The SMILES string of the molecule is COc1cc(C#N)ccc1O[C@@H](C)C(=O)Nc1ccc2ccccc2c1. The Morgan fingerprint density at radius 3 is 2.54 bits per heavy atom. The van der Waals surface area contributed by atoms with Crippen LogP contribution < -0.4 is 14.8 Å². The van der Waals surface area contributed by atoms with Crippen molar-refractivity contribution in [1.82, 2.24) is 0 Å². The van der Waals surface area contributed by atoms with Gasteiger partial charge in [0.1, 0.15) is 0 Å². The Bertz CT molecular complexity index is 992. The van der Waals surface area contributed by atoms with Crippen LogP contribution >= 0.6 is 0 Å². The normalized spacial score (nSPS) is 11.4. The Morgan fingerprint density at radius 2 is 1.81 bits per heavy atom. The van der Waals surface area contributed by atoms with Gasteiger partial charge < -0.3 is 14.8 Å². The molecule has 0 saturated heterocycles. The number of ether oxygens (including phenoxy) is 2. The van der Waals surface area contributed by atoms with Gasteiger partial charge in [0.05, 0.1) is 18.7 Å². The van der Waals surface area contributed by atoms with Crippen LogP contribution in [0.15, 0.2) is 60.7 Å². The summed E-state index contributed by atoms with van der Waals surface area (Å²) < 4.78 is 10.9. The van der Waals surface area contributed by atoms with E-state index in [-0.39, 0.29) is 5.91 Å². The van der Waals surface area contributed by atoms with E-state index in [9.17, 15) is 4.79 Å². The maximum absolute atomic E-state index is 12.4. The second kappa shape index (κ2) is 7.58. The second-order valence-electron chi connectivity index (χ2n) is 5.79. The van der Waals surface area contributed by atoms with Gasteiger partial charge in [-0.2, -0.15) is 5.26 Å². The molecule has 0 heterocycles. The Kier molecular flexibility index (Phi) is 5.04. The molecule has 130 valence electrons. The molecular weight excluding hydrogens is 328 g/mol. The van der Waals surface area contributed by atoms with Crippen LogP contribution in [0.4, 0.5) is 5.69 Å². The lowest BCUT2D eigenvalue weighted by Crippen LogP contribution is -2.30. The van der Waals surface area contributed by atoms with E-state index in [1.54, 1.807) is 25.1 Å². The van der Waals surface area contributed by atoms with Crippen molar-refractivity contribution in [3.8, 4) is 17.6 Å². The average molecular weight is 346 g/mol. The summed E-state index contributed by atoms with van der Waals surface area (Å²) in [7, 11) is 1.49. The lowest BCUT2D eigenvalue weighted by molar-refractivity contribution is -0.122. The van der Waals surface area contributed by atoms with E-state index in [2.05, 4.69) is 5.32 Å². The first kappa shape index (κ1) is 17.3. The zero-order chi connectivity index (χ0) is 18.5. The highest BCUT2D eigenvalue weighted by atomic mass is 16.5. The number of carbonyl (C=O) groups excluding carboxylic acids is 1. The van der Waals surface area contributed by atoms with Crippen LogP contribution in [-0.4, -0.2) is 19.1 Å². The average Bonchev–Trinajstić information content (AvgIpc) is 2.68. The minimum atomic E-state index is -0.733. The zero-order valence-electron chi connectivity index (χ0n) is 14.5. The number of hydrogen-bond acceptors (Lipinski definition) is 4. The summed E-state index contributed by atoms with van der Waals surface area (Å²) in [5.41, 5.74) is 1.17. The molecule has 0 spiro atoms. The zero-order valence-corrected chi connectivity index (χ0v) is 14.5. The molecule has 0 unspecified atom stereocenters. The van der Waals surface area contributed by atoms with E-state index in [0.717, 1.165) is 10.8 Å². The third kappa shape index (κ3) is 3.76. The number of hydrogen-bond donors (Lipinski definition) is 1. The molecule has 3 aromatic carbocycles. The molecule has 3 aromatic rings. The monoisotopic (exact) mass is 346 g/mol. The van der Waals surface area contributed by atoms with Gasteiger partial charge in [0, 0.05) is 11.8 Å². The third-order valence-electron chi connectivity index (χ3n) is 3.98. The standard InChI is InChI=1S/C21H18N2O3/c1-14(26-19-10-7-15(13-22)11-20(19)25-2)21(24)23-18-9-8-16-5-3-4-6-17(16)12-18/h3-12,14H,1-2H3,(H,23,24)/t14-/m0/s1. The van der Waals surface area contributed by atoms with E-state index < -0.39 is 6.10 Å². The van der Waals surface area contributed by atoms with E-state index in [0.29, 0.717) is 22.7 Å². The Balaban J connectivity index is 1.72. The molecular formula is C21H18N2O3. The minimum Gasteiger partial charge on any atom is -0.493 e. The topological polar surface area (TPSA) is 71.3 Å². The molecule has 0 fully saturated rings. The van der Waals surface area contributed by atoms with E-state index in [1.807, 2.05) is 48.5 Å². The number of nitrogens with zero attached hydrogens (tertiary/aromatic N) is 1. The highest BCUT2D eigenvalue weighted by Crippen LogP contribution is 2.29. The summed E-state index contributed by atoms with van der Waals surface area (Å²) in [5.74, 6) is 0.550. The van der Waals surface area contributed by atoms with Gasteiger partial charge >= 0.3 is 0 Å². The predicted molar refractivity (Wildman–Crippen MR) is 100 cm³/mol. The third-order valence-corrected chi connectivity index (χ3v) is 3.98. The molecule has 1 amide bonds. The van der Waals surface area contributed by atoms with Gasteiger partial charge in [0.2, 0.25) is 0 Å². The molecule has 0 aliphatic rings. The molecule has 0 aromatic heterocycles. The number of methoxy groups -OCH3 is 1. The lowest BCUT2D eigenvalue weighted by atomic mass is 10.1. The van der Waals surface area contributed by atoms with E-state index in [1.165, 1.54) is 7.11 Å². The fourth-order valence-corrected chi connectivity index (χ4v) is 2.59. The van der Waals surface area contributed by atoms with E-state index in [4.69, 9.17) is 14.7 Å². The molecule has 0 saturated carbocycles. The van der Waals surface area contributed by atoms with E-state index >= 15 is 0 Å². The van der Waals surface area contributed by atoms with Crippen molar-refractivity contribution in [2.45, 2.75) is 13.0 Å². The molecule has 1 atom stereocenters. The first-order chi connectivity index (χ1) is 12.6. The Labute approximate surface area is 151 Å². The molecule has 5 nitrogen and oxygen atoms in total. The first-order valence-corrected chi connectivity index (χ1v) is 8.15. The van der Waals surface area contributed by atoms with Crippen molar-refractivity contribution in [2.24, 2.45) is 0 Å². The Hall–Kier alpha value is -3.52. The summed E-state index contributed by atoms with van der Waals surface area (Å²) in [6.45, 7) is 1.66. The van der Waals surface area contributed by atoms with Crippen LogP contribution in [0.3, 0.4) is 0 Å². The fraction of sp³-hybridized carbons (Fsp3) is 0.143. The van der Waals surface area contributed by atoms with Crippen LogP contribution in [0.1, 0.15) is 12.5 Å². The van der Waals surface area contributed by atoms with Crippen LogP contribution in [0, 0.1) is 11.3 Å². The number of rotatable bonds is 5. The second-order valence-corrected chi connectivity index (χ2v) is 5.79. The van der Waals surface area contributed by atoms with Crippen LogP contribution in [-0.2, 0) is 4.79 Å². The van der Waals surface area contributed by atoms with Gasteiger partial charge in [-0.05, 0) is 42.0 Å². The summed E-state index contributed by atoms with van der Waals surface area (Å²) in [5, 5.41) is 14.0. The number of anilines is 1. The van der Waals surface area contributed by atoms with Gasteiger partial charge in [-0.15, -0.1) is 0 Å². The summed E-state index contributed by atoms with van der Waals surface area (Å²) in [6.07, 6.45) is -0.733. The lowest BCUT2D eigenvalue weighted by Gasteiger charge is -2.17. The van der Waals surface area contributed by atoms with Crippen LogP contribution in [0.5, 0.6) is 11.5 Å². The van der Waals surface area contributed by atoms with Gasteiger partial charge in [-0.3, -0.25) is 4.79 Å². The Morgan fingerprint density at radius 1 is 1.04 bits per heavy atom. The molecule has 0 aliphatic carbocycles. The molecule has 5 heteroatoms. The number of carbonyl (C=O) groups is 1. The van der Waals surface area contributed by atoms with Crippen molar-refractivity contribution >= 4 is 22.4 Å².